The van der Waals surface area contributed by atoms with Crippen LogP contribution in [0.3, 0.4) is 0 Å². The van der Waals surface area contributed by atoms with Crippen molar-refractivity contribution in [3.8, 4) is 0 Å². The zero-order chi connectivity index (χ0) is 14.5. The lowest BCUT2D eigenvalue weighted by atomic mass is 9.99. The molecule has 1 aromatic carbocycles. The second-order valence-corrected chi connectivity index (χ2v) is 5.46. The van der Waals surface area contributed by atoms with Crippen LogP contribution in [0.2, 0.25) is 0 Å². The largest absolute Gasteiger partial charge is 0.480 e. The van der Waals surface area contributed by atoms with Crippen molar-refractivity contribution >= 4 is 5.97 Å². The Morgan fingerprint density at radius 1 is 1.40 bits per heavy atom. The van der Waals surface area contributed by atoms with Crippen LogP contribution in [0.15, 0.2) is 30.3 Å². The lowest BCUT2D eigenvalue weighted by Gasteiger charge is -2.31. The minimum Gasteiger partial charge on any atom is -0.480 e. The summed E-state index contributed by atoms with van der Waals surface area (Å²) in [6.45, 7) is 2.72. The van der Waals surface area contributed by atoms with E-state index in [0.29, 0.717) is 12.8 Å². The number of nitrogens with zero attached hydrogens (tertiary/aromatic N) is 1. The molecule has 2 rings (SSSR count). The van der Waals surface area contributed by atoms with Gasteiger partial charge in [0.15, 0.2) is 0 Å². The molecule has 0 amide bonds. The fourth-order valence-corrected chi connectivity index (χ4v) is 3.14. The molecule has 0 saturated carbocycles. The van der Waals surface area contributed by atoms with Crippen LogP contribution in [-0.4, -0.2) is 39.7 Å². The standard InChI is InChI=1S/C16H23NO3/c1-2-14(16(19)20)17-10-6-9-13(17)11-15(18)12-7-4-3-5-8-12/h3-5,7-8,13-15,18H,2,6,9-11H2,1H3,(H,19,20)/t13-,14+,15+/m0/s1. The molecule has 0 aliphatic carbocycles. The normalized spacial score (nSPS) is 22.6. The SMILES string of the molecule is CC[C@H](C(=O)O)N1CCC[C@H]1C[C@@H](O)c1ccccc1. The summed E-state index contributed by atoms with van der Waals surface area (Å²) in [5.74, 6) is -0.756. The maximum absolute atomic E-state index is 11.3. The molecule has 0 bridgehead atoms. The first-order valence-corrected chi connectivity index (χ1v) is 7.35. The quantitative estimate of drug-likeness (QED) is 0.838. The number of rotatable bonds is 6. The monoisotopic (exact) mass is 277 g/mol. The van der Waals surface area contributed by atoms with E-state index in [1.165, 1.54) is 0 Å². The Labute approximate surface area is 120 Å². The number of carboxylic acids is 1. The van der Waals surface area contributed by atoms with E-state index < -0.39 is 18.1 Å². The van der Waals surface area contributed by atoms with Crippen molar-refractivity contribution in [3.05, 3.63) is 35.9 Å². The fourth-order valence-electron chi connectivity index (χ4n) is 3.14. The van der Waals surface area contributed by atoms with E-state index in [-0.39, 0.29) is 6.04 Å². The van der Waals surface area contributed by atoms with E-state index in [1.54, 1.807) is 0 Å². The van der Waals surface area contributed by atoms with Gasteiger partial charge in [0.05, 0.1) is 6.10 Å². The Morgan fingerprint density at radius 3 is 2.70 bits per heavy atom. The molecule has 0 spiro atoms. The van der Waals surface area contributed by atoms with Crippen molar-refractivity contribution < 1.29 is 15.0 Å². The second kappa shape index (κ2) is 6.86. The molecule has 1 saturated heterocycles. The van der Waals surface area contributed by atoms with Gasteiger partial charge < -0.3 is 10.2 Å². The van der Waals surface area contributed by atoms with Crippen molar-refractivity contribution in [2.45, 2.75) is 50.8 Å². The van der Waals surface area contributed by atoms with Crippen LogP contribution < -0.4 is 0 Å². The van der Waals surface area contributed by atoms with Gasteiger partial charge in [0, 0.05) is 6.04 Å². The molecule has 2 N–H and O–H groups in total. The highest BCUT2D eigenvalue weighted by Gasteiger charge is 2.34. The number of hydrogen-bond acceptors (Lipinski definition) is 3. The highest BCUT2D eigenvalue weighted by Crippen LogP contribution is 2.29. The van der Waals surface area contributed by atoms with Crippen LogP contribution in [0.25, 0.3) is 0 Å². The van der Waals surface area contributed by atoms with Gasteiger partial charge in [0.1, 0.15) is 6.04 Å². The summed E-state index contributed by atoms with van der Waals surface area (Å²) < 4.78 is 0. The molecule has 1 aliphatic rings. The summed E-state index contributed by atoms with van der Waals surface area (Å²) in [4.78, 5) is 13.4. The number of aliphatic hydroxyl groups is 1. The van der Waals surface area contributed by atoms with Crippen molar-refractivity contribution in [3.63, 3.8) is 0 Å². The number of aliphatic carboxylic acids is 1. The number of likely N-dealkylation sites (tertiary alicyclic amines) is 1. The summed E-state index contributed by atoms with van der Waals surface area (Å²) >= 11 is 0. The minimum absolute atomic E-state index is 0.159. The first kappa shape index (κ1) is 15.0. The van der Waals surface area contributed by atoms with Gasteiger partial charge in [-0.05, 0) is 37.8 Å². The molecule has 110 valence electrons. The van der Waals surface area contributed by atoms with Gasteiger partial charge in [-0.1, -0.05) is 37.3 Å². The highest BCUT2D eigenvalue weighted by molar-refractivity contribution is 5.73. The number of aliphatic hydroxyl groups excluding tert-OH is 1. The van der Waals surface area contributed by atoms with Gasteiger partial charge in [-0.25, -0.2) is 0 Å². The Bertz CT molecular complexity index is 435. The second-order valence-electron chi connectivity index (χ2n) is 5.46. The Hall–Kier alpha value is -1.39. The maximum atomic E-state index is 11.3. The number of carboxylic acid groups (broad SMARTS) is 1. The Kier molecular flexibility index (Phi) is 5.15. The fraction of sp³-hybridized carbons (Fsp3) is 0.562. The molecule has 1 aliphatic heterocycles. The van der Waals surface area contributed by atoms with E-state index in [0.717, 1.165) is 24.9 Å². The predicted molar refractivity (Wildman–Crippen MR) is 77.5 cm³/mol. The molecule has 0 aromatic heterocycles. The van der Waals surface area contributed by atoms with Crippen LogP contribution in [0.4, 0.5) is 0 Å². The number of hydrogen-bond donors (Lipinski definition) is 2. The molecular formula is C16H23NO3. The van der Waals surface area contributed by atoms with Crippen molar-refractivity contribution in [2.75, 3.05) is 6.54 Å². The molecular weight excluding hydrogens is 254 g/mol. The van der Waals surface area contributed by atoms with Crippen molar-refractivity contribution in [1.29, 1.82) is 0 Å². The van der Waals surface area contributed by atoms with Crippen LogP contribution in [-0.2, 0) is 4.79 Å². The molecule has 1 heterocycles. The lowest BCUT2D eigenvalue weighted by molar-refractivity contribution is -0.144. The van der Waals surface area contributed by atoms with Crippen LogP contribution in [0.5, 0.6) is 0 Å². The van der Waals surface area contributed by atoms with Gasteiger partial charge in [-0.15, -0.1) is 0 Å². The molecule has 4 nitrogen and oxygen atoms in total. The van der Waals surface area contributed by atoms with Crippen LogP contribution in [0, 0.1) is 0 Å². The number of carbonyl (C=O) groups is 1. The molecule has 4 heteroatoms. The molecule has 0 unspecified atom stereocenters. The van der Waals surface area contributed by atoms with E-state index in [1.807, 2.05) is 37.3 Å². The summed E-state index contributed by atoms with van der Waals surface area (Å²) in [5, 5.41) is 19.6. The zero-order valence-corrected chi connectivity index (χ0v) is 11.9. The molecule has 0 radical (unpaired) electrons. The summed E-state index contributed by atoms with van der Waals surface area (Å²) in [7, 11) is 0. The average Bonchev–Trinajstić information content (AvgIpc) is 2.88. The number of benzene rings is 1. The predicted octanol–water partition coefficient (Wildman–Crippen LogP) is 2.44. The minimum atomic E-state index is -0.756. The molecule has 1 fully saturated rings. The van der Waals surface area contributed by atoms with Gasteiger partial charge in [0.25, 0.3) is 0 Å². The average molecular weight is 277 g/mol. The van der Waals surface area contributed by atoms with Gasteiger partial charge in [-0.3, -0.25) is 9.69 Å². The Morgan fingerprint density at radius 2 is 2.10 bits per heavy atom. The maximum Gasteiger partial charge on any atom is 0.320 e. The van der Waals surface area contributed by atoms with Gasteiger partial charge in [0.2, 0.25) is 0 Å². The van der Waals surface area contributed by atoms with Crippen LogP contribution >= 0.6 is 0 Å². The summed E-state index contributed by atoms with van der Waals surface area (Å²) in [5.41, 5.74) is 0.905. The third-order valence-corrected chi connectivity index (χ3v) is 4.17. The van der Waals surface area contributed by atoms with Gasteiger partial charge >= 0.3 is 5.97 Å². The molecule has 3 atom stereocenters. The smallest absolute Gasteiger partial charge is 0.320 e. The molecule has 20 heavy (non-hydrogen) atoms. The first-order chi connectivity index (χ1) is 9.63. The highest BCUT2D eigenvalue weighted by atomic mass is 16.4. The van der Waals surface area contributed by atoms with Gasteiger partial charge in [-0.2, -0.15) is 0 Å². The van der Waals surface area contributed by atoms with Crippen molar-refractivity contribution in [1.82, 2.24) is 4.90 Å². The van der Waals surface area contributed by atoms with Crippen LogP contribution in [0.1, 0.15) is 44.3 Å². The zero-order valence-electron chi connectivity index (χ0n) is 11.9. The first-order valence-electron chi connectivity index (χ1n) is 7.35. The molecule has 1 aromatic rings. The Balaban J connectivity index is 2.02. The summed E-state index contributed by atoms with van der Waals surface area (Å²) in [6, 6.07) is 9.32. The third kappa shape index (κ3) is 3.38. The topological polar surface area (TPSA) is 60.8 Å². The van der Waals surface area contributed by atoms with E-state index in [9.17, 15) is 15.0 Å². The van der Waals surface area contributed by atoms with E-state index in [2.05, 4.69) is 4.90 Å². The van der Waals surface area contributed by atoms with E-state index >= 15 is 0 Å². The third-order valence-electron chi connectivity index (χ3n) is 4.17. The summed E-state index contributed by atoms with van der Waals surface area (Å²) in [6.07, 6.45) is 2.66. The lowest BCUT2D eigenvalue weighted by Crippen LogP contribution is -2.44. The van der Waals surface area contributed by atoms with E-state index in [4.69, 9.17) is 0 Å². The van der Waals surface area contributed by atoms with Crippen molar-refractivity contribution in [2.24, 2.45) is 0 Å².